The Balaban J connectivity index is 1.79. The normalized spacial score (nSPS) is 21.6. The third kappa shape index (κ3) is 3.23. The molecule has 0 spiro atoms. The van der Waals surface area contributed by atoms with Crippen molar-refractivity contribution in [3.05, 3.63) is 59.2 Å². The fourth-order valence-electron chi connectivity index (χ4n) is 4.55. The molecule has 6 nitrogen and oxygen atoms in total. The number of carbonyl (C=O) groups is 1. The second-order valence-corrected chi connectivity index (χ2v) is 7.36. The second-order valence-electron chi connectivity index (χ2n) is 7.36. The molecule has 0 aliphatic carbocycles. The first-order valence-electron chi connectivity index (χ1n) is 9.69. The van der Waals surface area contributed by atoms with E-state index in [1.165, 1.54) is 16.7 Å². The van der Waals surface area contributed by atoms with Crippen molar-refractivity contribution in [2.24, 2.45) is 5.73 Å². The van der Waals surface area contributed by atoms with Crippen molar-refractivity contribution in [3.8, 4) is 11.5 Å². The zero-order valence-electron chi connectivity index (χ0n) is 16.4. The van der Waals surface area contributed by atoms with E-state index in [0.717, 1.165) is 24.5 Å². The van der Waals surface area contributed by atoms with Crippen LogP contribution in [0, 0.1) is 0 Å². The molecule has 1 amide bonds. The summed E-state index contributed by atoms with van der Waals surface area (Å²) < 4.78 is 11.1. The third-order valence-electron chi connectivity index (χ3n) is 5.90. The number of nitrogens with zero attached hydrogens (tertiary/aromatic N) is 2. The fourth-order valence-corrected chi connectivity index (χ4v) is 4.55. The lowest BCUT2D eigenvalue weighted by atomic mass is 9.83. The number of hydrogen-bond donors (Lipinski definition) is 1. The van der Waals surface area contributed by atoms with Crippen molar-refractivity contribution in [2.75, 3.05) is 40.4 Å². The van der Waals surface area contributed by atoms with Crippen molar-refractivity contribution < 1.29 is 14.3 Å². The highest BCUT2D eigenvalue weighted by molar-refractivity contribution is 5.78. The summed E-state index contributed by atoms with van der Waals surface area (Å²) in [5.41, 5.74) is 9.34. The molecule has 2 N–H and O–H groups in total. The molecular formula is C22H27N3O3. The maximum Gasteiger partial charge on any atom is 0.236 e. The second kappa shape index (κ2) is 7.81. The van der Waals surface area contributed by atoms with Crippen LogP contribution in [0.4, 0.5) is 0 Å². The maximum atomic E-state index is 12.2. The van der Waals surface area contributed by atoms with Gasteiger partial charge in [0.1, 0.15) is 0 Å². The van der Waals surface area contributed by atoms with E-state index in [-0.39, 0.29) is 24.5 Å². The summed E-state index contributed by atoms with van der Waals surface area (Å²) in [6.07, 6.45) is 0.868. The first kappa shape index (κ1) is 18.8. The summed E-state index contributed by atoms with van der Waals surface area (Å²) in [6, 6.07) is 15.1. The number of amides is 1. The summed E-state index contributed by atoms with van der Waals surface area (Å²) in [5.74, 6) is 1.51. The van der Waals surface area contributed by atoms with Gasteiger partial charge in [-0.25, -0.2) is 0 Å². The van der Waals surface area contributed by atoms with Crippen LogP contribution in [0.2, 0.25) is 0 Å². The van der Waals surface area contributed by atoms with Crippen molar-refractivity contribution in [1.29, 1.82) is 0 Å². The molecule has 4 rings (SSSR count). The number of hydrogen-bond acceptors (Lipinski definition) is 5. The predicted molar refractivity (Wildman–Crippen MR) is 108 cm³/mol. The number of benzene rings is 2. The van der Waals surface area contributed by atoms with E-state index in [1.54, 1.807) is 14.2 Å². The molecule has 2 atom stereocenters. The molecule has 2 aliphatic rings. The lowest BCUT2D eigenvalue weighted by molar-refractivity contribution is -0.133. The zero-order chi connectivity index (χ0) is 19.7. The predicted octanol–water partition coefficient (Wildman–Crippen LogP) is 1.82. The van der Waals surface area contributed by atoms with Gasteiger partial charge in [-0.2, -0.15) is 0 Å². The van der Waals surface area contributed by atoms with Gasteiger partial charge in [-0.05, 0) is 35.2 Å². The first-order valence-corrected chi connectivity index (χ1v) is 9.69. The molecule has 2 aromatic rings. The van der Waals surface area contributed by atoms with E-state index in [1.807, 2.05) is 11.0 Å². The Hall–Kier alpha value is -2.57. The summed E-state index contributed by atoms with van der Waals surface area (Å²) >= 11 is 0. The van der Waals surface area contributed by atoms with Crippen molar-refractivity contribution >= 4 is 5.91 Å². The standard InChI is InChI=1S/C22H27N3O3/c1-27-19-11-16-10-17-14-24(21(26)13-23)8-9-25(17)22(15-6-4-3-5-7-15)18(16)12-20(19)28-2/h3-7,11-12,17,22H,8-10,13-14,23H2,1-2H3. The molecule has 0 saturated carbocycles. The largest absolute Gasteiger partial charge is 0.493 e. The molecule has 1 saturated heterocycles. The van der Waals surface area contributed by atoms with Crippen molar-refractivity contribution in [1.82, 2.24) is 9.80 Å². The van der Waals surface area contributed by atoms with Gasteiger partial charge in [0.05, 0.1) is 26.8 Å². The van der Waals surface area contributed by atoms with E-state index in [4.69, 9.17) is 15.2 Å². The van der Waals surface area contributed by atoms with E-state index in [9.17, 15) is 4.79 Å². The number of piperazine rings is 1. The van der Waals surface area contributed by atoms with Crippen LogP contribution < -0.4 is 15.2 Å². The zero-order valence-corrected chi connectivity index (χ0v) is 16.4. The molecule has 2 heterocycles. The molecule has 6 heteroatoms. The Kier molecular flexibility index (Phi) is 5.24. The number of nitrogens with two attached hydrogens (primary N) is 1. The molecule has 2 aromatic carbocycles. The van der Waals surface area contributed by atoms with Gasteiger partial charge in [0, 0.05) is 25.7 Å². The number of methoxy groups -OCH3 is 2. The quantitative estimate of drug-likeness (QED) is 0.875. The van der Waals surface area contributed by atoms with Crippen LogP contribution in [0.25, 0.3) is 0 Å². The minimum absolute atomic E-state index is 0.0222. The minimum atomic E-state index is 0.0222. The van der Waals surface area contributed by atoms with Crippen LogP contribution in [-0.4, -0.2) is 62.1 Å². The van der Waals surface area contributed by atoms with Gasteiger partial charge in [-0.1, -0.05) is 30.3 Å². The summed E-state index contributed by atoms with van der Waals surface area (Å²) in [6.45, 7) is 2.30. The van der Waals surface area contributed by atoms with Gasteiger partial charge in [-0.15, -0.1) is 0 Å². The Morgan fingerprint density at radius 2 is 1.82 bits per heavy atom. The molecule has 148 valence electrons. The van der Waals surface area contributed by atoms with Gasteiger partial charge < -0.3 is 20.1 Å². The van der Waals surface area contributed by atoms with Crippen molar-refractivity contribution in [2.45, 2.75) is 18.5 Å². The smallest absolute Gasteiger partial charge is 0.236 e. The lowest BCUT2D eigenvalue weighted by Gasteiger charge is -2.49. The SMILES string of the molecule is COc1cc2c(cc1OC)C(c1ccccc1)N1CCN(C(=O)CN)CC1C2. The fraction of sp³-hybridized carbons (Fsp3) is 0.409. The Morgan fingerprint density at radius 3 is 2.50 bits per heavy atom. The Bertz CT molecular complexity index is 856. The van der Waals surface area contributed by atoms with Crippen LogP contribution >= 0.6 is 0 Å². The number of rotatable bonds is 4. The molecule has 2 unspecified atom stereocenters. The third-order valence-corrected chi connectivity index (χ3v) is 5.90. The monoisotopic (exact) mass is 381 g/mol. The number of ether oxygens (including phenoxy) is 2. The van der Waals surface area contributed by atoms with Gasteiger partial charge in [0.15, 0.2) is 11.5 Å². The molecule has 0 bridgehead atoms. The molecule has 1 fully saturated rings. The summed E-state index contributed by atoms with van der Waals surface area (Å²) in [4.78, 5) is 16.6. The Labute approximate surface area is 165 Å². The highest BCUT2D eigenvalue weighted by Gasteiger charge is 2.40. The number of fused-ring (bicyclic) bond motifs is 2. The summed E-state index contributed by atoms with van der Waals surface area (Å²) in [5, 5.41) is 0. The van der Waals surface area contributed by atoms with Crippen molar-refractivity contribution in [3.63, 3.8) is 0 Å². The van der Waals surface area contributed by atoms with E-state index in [2.05, 4.69) is 41.3 Å². The summed E-state index contributed by atoms with van der Waals surface area (Å²) in [7, 11) is 3.33. The highest BCUT2D eigenvalue weighted by atomic mass is 16.5. The molecule has 28 heavy (non-hydrogen) atoms. The molecular weight excluding hydrogens is 354 g/mol. The molecule has 2 aliphatic heterocycles. The average molecular weight is 381 g/mol. The van der Waals surface area contributed by atoms with Gasteiger partial charge >= 0.3 is 0 Å². The Morgan fingerprint density at radius 1 is 1.11 bits per heavy atom. The van der Waals surface area contributed by atoms with Crippen LogP contribution in [0.3, 0.4) is 0 Å². The lowest BCUT2D eigenvalue weighted by Crippen LogP contribution is -2.59. The van der Waals surface area contributed by atoms with E-state index >= 15 is 0 Å². The average Bonchev–Trinajstić information content (AvgIpc) is 2.76. The van der Waals surface area contributed by atoms with Gasteiger partial charge in [0.25, 0.3) is 0 Å². The first-order chi connectivity index (χ1) is 13.7. The van der Waals surface area contributed by atoms with Gasteiger partial charge in [-0.3, -0.25) is 9.69 Å². The minimum Gasteiger partial charge on any atom is -0.493 e. The highest BCUT2D eigenvalue weighted by Crippen LogP contribution is 2.43. The number of carbonyl (C=O) groups excluding carboxylic acids is 1. The van der Waals surface area contributed by atoms with Crippen LogP contribution in [0.15, 0.2) is 42.5 Å². The van der Waals surface area contributed by atoms with Crippen LogP contribution in [0.5, 0.6) is 11.5 Å². The maximum absolute atomic E-state index is 12.2. The molecule has 0 aromatic heterocycles. The van der Waals surface area contributed by atoms with Crippen LogP contribution in [-0.2, 0) is 11.2 Å². The van der Waals surface area contributed by atoms with Gasteiger partial charge in [0.2, 0.25) is 5.91 Å². The topological polar surface area (TPSA) is 68.0 Å². The van der Waals surface area contributed by atoms with Crippen LogP contribution in [0.1, 0.15) is 22.7 Å². The molecule has 0 radical (unpaired) electrons. The van der Waals surface area contributed by atoms with E-state index in [0.29, 0.717) is 13.1 Å². The van der Waals surface area contributed by atoms with E-state index < -0.39 is 0 Å².